The van der Waals surface area contributed by atoms with Gasteiger partial charge in [-0.1, -0.05) is 23.7 Å². The maximum Gasteiger partial charge on any atom is 0.347 e. The normalized spacial score (nSPS) is 11.4. The van der Waals surface area contributed by atoms with Crippen LogP contribution in [0.5, 0.6) is 0 Å². The quantitative estimate of drug-likeness (QED) is 0.416. The summed E-state index contributed by atoms with van der Waals surface area (Å²) in [7, 11) is 0. The summed E-state index contributed by atoms with van der Waals surface area (Å²) in [6, 6.07) is 12.8. The Bertz CT molecular complexity index is 1580. The number of aliphatic hydroxyl groups excluding tert-OH is 1. The first-order valence-corrected chi connectivity index (χ1v) is 10.1. The number of fused-ring (bicyclic) bond motifs is 2. The van der Waals surface area contributed by atoms with Crippen molar-refractivity contribution in [3.8, 4) is 22.6 Å². The number of aromatic nitrogens is 3. The van der Waals surface area contributed by atoms with Crippen molar-refractivity contribution < 1.29 is 13.9 Å². The van der Waals surface area contributed by atoms with E-state index in [0.29, 0.717) is 38.3 Å². The average molecular weight is 448 g/mol. The van der Waals surface area contributed by atoms with Crippen molar-refractivity contribution in [2.24, 2.45) is 0 Å². The van der Waals surface area contributed by atoms with E-state index in [1.807, 2.05) is 0 Å². The standard InChI is InChI=1S/C24H15ClFN3O3/c1-12-22-16(13(11-30)10-27-12)9-18(24(31)32-22)23-28-20-7-6-14(25)8-17(20)21(29-23)15-4-2-3-5-19(15)26/h2-10,30H,11H2,1H3. The van der Waals surface area contributed by atoms with E-state index in [2.05, 4.69) is 15.0 Å². The van der Waals surface area contributed by atoms with Gasteiger partial charge in [-0.05, 0) is 43.3 Å². The van der Waals surface area contributed by atoms with E-state index in [9.17, 15) is 14.3 Å². The molecule has 0 fully saturated rings. The second-order valence-corrected chi connectivity index (χ2v) is 7.69. The molecule has 8 heteroatoms. The average Bonchev–Trinajstić information content (AvgIpc) is 2.79. The van der Waals surface area contributed by atoms with Gasteiger partial charge in [-0.25, -0.2) is 19.2 Å². The molecule has 0 unspecified atom stereocenters. The summed E-state index contributed by atoms with van der Waals surface area (Å²) in [6.45, 7) is 1.42. The second kappa shape index (κ2) is 7.78. The highest BCUT2D eigenvalue weighted by molar-refractivity contribution is 6.31. The first-order valence-electron chi connectivity index (χ1n) is 9.72. The minimum Gasteiger partial charge on any atom is -0.420 e. The highest BCUT2D eigenvalue weighted by Gasteiger charge is 2.19. The van der Waals surface area contributed by atoms with E-state index in [4.69, 9.17) is 16.0 Å². The Labute approximate surface area is 186 Å². The Morgan fingerprint density at radius 3 is 2.66 bits per heavy atom. The van der Waals surface area contributed by atoms with Crippen molar-refractivity contribution in [2.45, 2.75) is 13.5 Å². The van der Waals surface area contributed by atoms with E-state index in [0.717, 1.165) is 0 Å². The number of hydrogen-bond donors (Lipinski definition) is 1. The van der Waals surface area contributed by atoms with Crippen LogP contribution in [-0.2, 0) is 6.61 Å². The van der Waals surface area contributed by atoms with Gasteiger partial charge in [-0.3, -0.25) is 4.98 Å². The first kappa shape index (κ1) is 20.2. The zero-order chi connectivity index (χ0) is 22.4. The zero-order valence-electron chi connectivity index (χ0n) is 16.8. The number of rotatable bonds is 3. The molecule has 2 aromatic carbocycles. The maximum absolute atomic E-state index is 14.7. The Kier molecular flexibility index (Phi) is 4.92. The molecule has 0 aliphatic rings. The van der Waals surface area contributed by atoms with E-state index < -0.39 is 11.4 Å². The van der Waals surface area contributed by atoms with Gasteiger partial charge in [0.1, 0.15) is 11.4 Å². The van der Waals surface area contributed by atoms with Crippen LogP contribution in [0.1, 0.15) is 11.3 Å². The molecule has 0 saturated carbocycles. The SMILES string of the molecule is Cc1ncc(CO)c2cc(-c3nc(-c4ccccc4F)c4cc(Cl)ccc4n3)c(=O)oc12. The lowest BCUT2D eigenvalue weighted by Crippen LogP contribution is -2.08. The second-order valence-electron chi connectivity index (χ2n) is 7.25. The van der Waals surface area contributed by atoms with Gasteiger partial charge in [-0.15, -0.1) is 0 Å². The van der Waals surface area contributed by atoms with Gasteiger partial charge in [0, 0.05) is 33.1 Å². The molecular weight excluding hydrogens is 433 g/mol. The van der Waals surface area contributed by atoms with Gasteiger partial charge in [0.15, 0.2) is 11.4 Å². The van der Waals surface area contributed by atoms with Gasteiger partial charge in [0.2, 0.25) is 0 Å². The van der Waals surface area contributed by atoms with E-state index >= 15 is 0 Å². The van der Waals surface area contributed by atoms with Crippen LogP contribution in [0.2, 0.25) is 5.02 Å². The summed E-state index contributed by atoms with van der Waals surface area (Å²) in [5, 5.41) is 11.2. The predicted octanol–water partition coefficient (Wildman–Crippen LogP) is 5.06. The minimum atomic E-state index is -0.662. The Balaban J connectivity index is 1.85. The molecular formula is C24H15ClFN3O3. The Morgan fingerprint density at radius 2 is 1.88 bits per heavy atom. The molecule has 32 heavy (non-hydrogen) atoms. The molecule has 0 radical (unpaired) electrons. The lowest BCUT2D eigenvalue weighted by atomic mass is 10.0. The minimum absolute atomic E-state index is 0.0760. The smallest absolute Gasteiger partial charge is 0.347 e. The highest BCUT2D eigenvalue weighted by Crippen LogP contribution is 2.32. The molecule has 3 heterocycles. The zero-order valence-corrected chi connectivity index (χ0v) is 17.5. The molecule has 0 saturated heterocycles. The number of halogens is 2. The molecule has 3 aromatic heterocycles. The lowest BCUT2D eigenvalue weighted by molar-refractivity contribution is 0.282. The van der Waals surface area contributed by atoms with Crippen LogP contribution in [0, 0.1) is 12.7 Å². The van der Waals surface area contributed by atoms with Crippen LogP contribution in [0.4, 0.5) is 4.39 Å². The van der Waals surface area contributed by atoms with Crippen molar-refractivity contribution in [1.29, 1.82) is 0 Å². The van der Waals surface area contributed by atoms with Crippen molar-refractivity contribution in [3.63, 3.8) is 0 Å². The van der Waals surface area contributed by atoms with Gasteiger partial charge in [0.25, 0.3) is 0 Å². The van der Waals surface area contributed by atoms with Crippen LogP contribution >= 0.6 is 11.6 Å². The fourth-order valence-corrected chi connectivity index (χ4v) is 3.82. The van der Waals surface area contributed by atoms with E-state index in [-0.39, 0.29) is 29.1 Å². The van der Waals surface area contributed by atoms with Crippen LogP contribution in [-0.4, -0.2) is 20.1 Å². The molecule has 0 aliphatic carbocycles. The summed E-state index contributed by atoms with van der Waals surface area (Å²) in [4.78, 5) is 26.1. The third-order valence-electron chi connectivity index (χ3n) is 5.23. The lowest BCUT2D eigenvalue weighted by Gasteiger charge is -2.11. The Hall–Kier alpha value is -3.68. The molecule has 0 bridgehead atoms. The summed E-state index contributed by atoms with van der Waals surface area (Å²) in [6.07, 6.45) is 1.52. The van der Waals surface area contributed by atoms with Crippen molar-refractivity contribution in [1.82, 2.24) is 15.0 Å². The molecule has 0 aliphatic heterocycles. The van der Waals surface area contributed by atoms with Crippen molar-refractivity contribution >= 4 is 33.5 Å². The van der Waals surface area contributed by atoms with E-state index in [1.165, 1.54) is 12.3 Å². The third-order valence-corrected chi connectivity index (χ3v) is 5.47. The van der Waals surface area contributed by atoms with E-state index in [1.54, 1.807) is 49.4 Å². The fourth-order valence-electron chi connectivity index (χ4n) is 3.64. The van der Waals surface area contributed by atoms with Crippen molar-refractivity contribution in [2.75, 3.05) is 0 Å². The molecule has 0 atom stereocenters. The number of aryl methyl sites for hydroxylation is 1. The largest absolute Gasteiger partial charge is 0.420 e. The highest BCUT2D eigenvalue weighted by atomic mass is 35.5. The molecule has 5 aromatic rings. The molecule has 1 N–H and O–H groups in total. The van der Waals surface area contributed by atoms with Gasteiger partial charge >= 0.3 is 5.63 Å². The van der Waals surface area contributed by atoms with Gasteiger partial charge in [-0.2, -0.15) is 0 Å². The number of hydrogen-bond acceptors (Lipinski definition) is 6. The van der Waals surface area contributed by atoms with Gasteiger partial charge in [0.05, 0.1) is 23.5 Å². The maximum atomic E-state index is 14.7. The molecule has 5 rings (SSSR count). The third kappa shape index (κ3) is 3.32. The summed E-state index contributed by atoms with van der Waals surface area (Å²) in [5.41, 5.74) is 1.78. The Morgan fingerprint density at radius 1 is 1.06 bits per heavy atom. The monoisotopic (exact) mass is 447 g/mol. The number of pyridine rings is 1. The number of benzene rings is 2. The number of nitrogens with zero attached hydrogens (tertiary/aromatic N) is 3. The van der Waals surface area contributed by atoms with Gasteiger partial charge < -0.3 is 9.52 Å². The fraction of sp³-hybridized carbons (Fsp3) is 0.0833. The predicted molar refractivity (Wildman–Crippen MR) is 120 cm³/mol. The molecule has 0 spiro atoms. The summed E-state index contributed by atoms with van der Waals surface area (Å²) >= 11 is 6.17. The summed E-state index contributed by atoms with van der Waals surface area (Å²) < 4.78 is 20.2. The topological polar surface area (TPSA) is 89.1 Å². The van der Waals surface area contributed by atoms with Crippen LogP contribution in [0.25, 0.3) is 44.5 Å². The van der Waals surface area contributed by atoms with Crippen molar-refractivity contribution in [3.05, 3.63) is 87.2 Å². The molecule has 158 valence electrons. The number of aliphatic hydroxyl groups is 1. The van der Waals surface area contributed by atoms with Crippen LogP contribution in [0.3, 0.4) is 0 Å². The summed E-state index contributed by atoms with van der Waals surface area (Å²) in [5.74, 6) is -0.389. The molecule has 6 nitrogen and oxygen atoms in total. The van der Waals surface area contributed by atoms with Crippen LogP contribution in [0.15, 0.2) is 63.9 Å². The first-order chi connectivity index (χ1) is 15.5. The molecule has 0 amide bonds. The van der Waals surface area contributed by atoms with Crippen LogP contribution < -0.4 is 5.63 Å².